The summed E-state index contributed by atoms with van der Waals surface area (Å²) in [5.41, 5.74) is 0. The van der Waals surface area contributed by atoms with Gasteiger partial charge in [-0.05, 0) is 44.9 Å². The molecule has 8 nitrogen and oxygen atoms in total. The number of hydrogen-bond donors (Lipinski definition) is 3. The second kappa shape index (κ2) is 26.2. The van der Waals surface area contributed by atoms with E-state index in [4.69, 9.17) is 9.05 Å². The quantitative estimate of drug-likeness (QED) is 0.0362. The zero-order valence-corrected chi connectivity index (χ0v) is 28.4. The van der Waals surface area contributed by atoms with Gasteiger partial charge >= 0.3 is 7.82 Å². The van der Waals surface area contributed by atoms with Crippen LogP contribution in [0.5, 0.6) is 0 Å². The lowest BCUT2D eigenvalue weighted by Crippen LogP contribution is -2.45. The van der Waals surface area contributed by atoms with Gasteiger partial charge in [0.05, 0.1) is 39.9 Å². The molecule has 9 heteroatoms. The first-order valence-corrected chi connectivity index (χ1v) is 17.9. The Morgan fingerprint density at radius 1 is 0.810 bits per heavy atom. The molecule has 3 atom stereocenters. The molecule has 0 aromatic carbocycles. The number of carbonyl (C=O) groups excluding carboxylic acids is 1. The lowest BCUT2D eigenvalue weighted by atomic mass is 10.1. The maximum atomic E-state index is 12.6. The number of amides is 1. The Hall–Kier alpha value is -1.28. The molecular weight excluding hydrogens is 551 g/mol. The van der Waals surface area contributed by atoms with Crippen molar-refractivity contribution >= 4 is 13.7 Å². The first-order chi connectivity index (χ1) is 20.0. The second-order valence-corrected chi connectivity index (χ2v) is 13.6. The minimum Gasteiger partial charge on any atom is -0.387 e. The van der Waals surface area contributed by atoms with Crippen LogP contribution in [0, 0.1) is 0 Å². The van der Waals surface area contributed by atoms with Gasteiger partial charge in [0.25, 0.3) is 0 Å². The molecule has 1 amide bonds. The number of nitrogens with zero attached hydrogens (tertiary/aromatic N) is 1. The van der Waals surface area contributed by atoms with Crippen molar-refractivity contribution in [3.05, 3.63) is 36.5 Å². The molecule has 3 unspecified atom stereocenters. The van der Waals surface area contributed by atoms with Gasteiger partial charge in [0.1, 0.15) is 13.2 Å². The van der Waals surface area contributed by atoms with Gasteiger partial charge in [-0.1, -0.05) is 102 Å². The lowest BCUT2D eigenvalue weighted by Gasteiger charge is -2.25. The fourth-order valence-electron chi connectivity index (χ4n) is 4.13. The van der Waals surface area contributed by atoms with Crippen LogP contribution in [0.4, 0.5) is 0 Å². The van der Waals surface area contributed by atoms with Gasteiger partial charge < -0.3 is 19.8 Å². The van der Waals surface area contributed by atoms with Crippen molar-refractivity contribution < 1.29 is 32.9 Å². The second-order valence-electron chi connectivity index (χ2n) is 12.2. The monoisotopic (exact) mass is 615 g/mol. The number of hydrogen-bond acceptors (Lipinski definition) is 5. The summed E-state index contributed by atoms with van der Waals surface area (Å²) < 4.78 is 23.1. The molecule has 0 rings (SSSR count). The molecule has 246 valence electrons. The van der Waals surface area contributed by atoms with Crippen molar-refractivity contribution in [2.24, 2.45) is 0 Å². The van der Waals surface area contributed by atoms with Crippen LogP contribution >= 0.6 is 7.82 Å². The largest absolute Gasteiger partial charge is 0.472 e. The SMILES string of the molecule is CCC/C=C/C(O)C(COP(=O)(O)OCC[N+](C)(C)C)NC(=O)CCCCCCCCC/C=C\C/C=C\CCCCC. The predicted octanol–water partition coefficient (Wildman–Crippen LogP) is 7.62. The van der Waals surface area contributed by atoms with Crippen LogP contribution in [0.3, 0.4) is 0 Å². The number of nitrogens with one attached hydrogen (secondary N) is 1. The normalized spacial score (nSPS) is 15.5. The van der Waals surface area contributed by atoms with Crippen LogP contribution < -0.4 is 5.32 Å². The molecule has 0 aromatic rings. The fourth-order valence-corrected chi connectivity index (χ4v) is 4.87. The Balaban J connectivity index is 4.23. The van der Waals surface area contributed by atoms with E-state index in [9.17, 15) is 19.4 Å². The van der Waals surface area contributed by atoms with Crippen LogP contribution in [-0.2, 0) is 18.4 Å². The summed E-state index contributed by atoms with van der Waals surface area (Å²) in [6, 6.07) is -0.844. The third kappa shape index (κ3) is 27.5. The molecule has 3 N–H and O–H groups in total. The van der Waals surface area contributed by atoms with E-state index in [1.807, 2.05) is 34.1 Å². The van der Waals surface area contributed by atoms with Gasteiger partial charge in [0, 0.05) is 6.42 Å². The number of allylic oxidation sites excluding steroid dienone is 5. The molecule has 0 aromatic heterocycles. The highest BCUT2D eigenvalue weighted by molar-refractivity contribution is 7.47. The summed E-state index contributed by atoms with van der Waals surface area (Å²) in [6.07, 6.45) is 28.5. The van der Waals surface area contributed by atoms with Gasteiger partial charge in [0.2, 0.25) is 5.91 Å². The third-order valence-electron chi connectivity index (χ3n) is 6.84. The van der Waals surface area contributed by atoms with E-state index < -0.39 is 20.0 Å². The topological polar surface area (TPSA) is 105 Å². The number of phosphoric ester groups is 1. The molecule has 0 saturated heterocycles. The minimum atomic E-state index is -4.31. The molecule has 0 saturated carbocycles. The average molecular weight is 616 g/mol. The first kappa shape index (κ1) is 40.7. The molecule has 0 bridgehead atoms. The first-order valence-electron chi connectivity index (χ1n) is 16.4. The summed E-state index contributed by atoms with van der Waals surface area (Å²) in [7, 11) is 1.55. The Bertz CT molecular complexity index is 794. The van der Waals surface area contributed by atoms with Gasteiger partial charge in [-0.15, -0.1) is 0 Å². The molecule has 0 radical (unpaired) electrons. The summed E-state index contributed by atoms with van der Waals surface area (Å²) >= 11 is 0. The summed E-state index contributed by atoms with van der Waals surface area (Å²) in [4.78, 5) is 22.6. The molecule has 0 aliphatic rings. The van der Waals surface area contributed by atoms with Crippen molar-refractivity contribution in [2.75, 3.05) is 40.9 Å². The third-order valence-corrected chi connectivity index (χ3v) is 7.82. The van der Waals surface area contributed by atoms with Gasteiger partial charge in [0.15, 0.2) is 0 Å². The maximum Gasteiger partial charge on any atom is 0.472 e. The number of phosphoric acid groups is 1. The number of carbonyl (C=O) groups is 1. The number of quaternary nitrogens is 1. The number of likely N-dealkylation sites (N-methyl/N-ethyl adjacent to an activating group) is 1. The van der Waals surface area contributed by atoms with E-state index in [1.165, 1.54) is 51.4 Å². The average Bonchev–Trinajstić information content (AvgIpc) is 2.92. The summed E-state index contributed by atoms with van der Waals surface area (Å²) in [5.74, 6) is -0.201. The highest BCUT2D eigenvalue weighted by atomic mass is 31.2. The van der Waals surface area contributed by atoms with Crippen molar-refractivity contribution in [2.45, 2.75) is 129 Å². The summed E-state index contributed by atoms with van der Waals surface area (Å²) in [5, 5.41) is 13.4. The smallest absolute Gasteiger partial charge is 0.387 e. The van der Waals surface area contributed by atoms with E-state index in [2.05, 4.69) is 36.5 Å². The summed E-state index contributed by atoms with van der Waals surface area (Å²) in [6.45, 7) is 4.53. The Labute approximate surface area is 257 Å². The van der Waals surface area contributed by atoms with Crippen molar-refractivity contribution in [1.82, 2.24) is 5.32 Å². The number of unbranched alkanes of at least 4 members (excludes halogenated alkanes) is 11. The minimum absolute atomic E-state index is 0.0570. The van der Waals surface area contributed by atoms with Crippen molar-refractivity contribution in [3.63, 3.8) is 0 Å². The molecule has 0 spiro atoms. The molecule has 0 fully saturated rings. The van der Waals surface area contributed by atoms with Crippen LogP contribution in [0.25, 0.3) is 0 Å². The standard InChI is InChI=1S/C33H63N2O6P/c1-6-8-10-11-12-13-14-15-16-17-18-19-20-21-22-23-25-27-33(37)34-31(32(36)26-24-9-7-2)30-41-42(38,39)40-29-28-35(3,4)5/h12-13,15-16,24,26,31-32,36H,6-11,14,17-23,25,27-30H2,1-5H3,(H-,34,37,38,39)/p+1/b13-12-,16-15-,26-24+. The van der Waals surface area contributed by atoms with E-state index in [0.717, 1.165) is 44.9 Å². The zero-order valence-electron chi connectivity index (χ0n) is 27.5. The highest BCUT2D eigenvalue weighted by Crippen LogP contribution is 2.43. The van der Waals surface area contributed by atoms with Crippen LogP contribution in [-0.4, -0.2) is 73.4 Å². The molecular formula is C33H64N2O6P+. The fraction of sp³-hybridized carbons (Fsp3) is 0.788. The Morgan fingerprint density at radius 2 is 1.40 bits per heavy atom. The van der Waals surface area contributed by atoms with Crippen molar-refractivity contribution in [1.29, 1.82) is 0 Å². The van der Waals surface area contributed by atoms with Crippen molar-refractivity contribution in [3.8, 4) is 0 Å². The van der Waals surface area contributed by atoms with E-state index >= 15 is 0 Å². The lowest BCUT2D eigenvalue weighted by molar-refractivity contribution is -0.870. The molecule has 0 heterocycles. The number of rotatable bonds is 28. The molecule has 42 heavy (non-hydrogen) atoms. The zero-order chi connectivity index (χ0) is 31.5. The molecule has 0 aliphatic heterocycles. The predicted molar refractivity (Wildman–Crippen MR) is 175 cm³/mol. The Kier molecular flexibility index (Phi) is 25.4. The maximum absolute atomic E-state index is 12.6. The van der Waals surface area contributed by atoms with Crippen LogP contribution in [0.15, 0.2) is 36.5 Å². The van der Waals surface area contributed by atoms with Crippen LogP contribution in [0.1, 0.15) is 117 Å². The van der Waals surface area contributed by atoms with E-state index in [-0.39, 0.29) is 19.1 Å². The number of aliphatic hydroxyl groups excluding tert-OH is 1. The van der Waals surface area contributed by atoms with Gasteiger partial charge in [-0.2, -0.15) is 0 Å². The van der Waals surface area contributed by atoms with E-state index in [0.29, 0.717) is 17.4 Å². The molecule has 0 aliphatic carbocycles. The van der Waals surface area contributed by atoms with Gasteiger partial charge in [-0.3, -0.25) is 13.8 Å². The van der Waals surface area contributed by atoms with Crippen LogP contribution in [0.2, 0.25) is 0 Å². The van der Waals surface area contributed by atoms with Gasteiger partial charge in [-0.25, -0.2) is 4.57 Å². The Morgan fingerprint density at radius 3 is 2.00 bits per heavy atom. The number of aliphatic hydroxyl groups is 1. The van der Waals surface area contributed by atoms with E-state index in [1.54, 1.807) is 6.08 Å². The highest BCUT2D eigenvalue weighted by Gasteiger charge is 2.27.